The van der Waals surface area contributed by atoms with E-state index in [4.69, 9.17) is 0 Å². The molecule has 0 unspecified atom stereocenters. The Morgan fingerprint density at radius 3 is 2.92 bits per heavy atom. The average Bonchev–Trinajstić information content (AvgIpc) is 2.03. The molecule has 12 heavy (non-hydrogen) atoms. The zero-order chi connectivity index (χ0) is 8.97. The summed E-state index contributed by atoms with van der Waals surface area (Å²) in [6.07, 6.45) is 3.59. The molecule has 0 aliphatic rings. The Morgan fingerprint density at radius 1 is 1.58 bits per heavy atom. The maximum absolute atomic E-state index is 4.17. The Bertz CT molecular complexity index is 266. The molecule has 0 atom stereocenters. The molecule has 0 aliphatic carbocycles. The van der Waals surface area contributed by atoms with Crippen molar-refractivity contribution in [3.05, 3.63) is 30.5 Å². The summed E-state index contributed by atoms with van der Waals surface area (Å²) in [6, 6.07) is 4.32. The molecule has 1 rings (SSSR count). The molecular formula is C10H14N2. The second kappa shape index (κ2) is 3.90. The Balaban J connectivity index is 2.79. The molecule has 0 radical (unpaired) electrons. The topological polar surface area (TPSA) is 24.9 Å². The maximum Gasteiger partial charge on any atom is 0.126 e. The lowest BCUT2D eigenvalue weighted by atomic mass is 10.2. The van der Waals surface area contributed by atoms with Crippen molar-refractivity contribution in [3.63, 3.8) is 0 Å². The van der Waals surface area contributed by atoms with Gasteiger partial charge in [0.1, 0.15) is 5.82 Å². The number of aromatic nitrogens is 1. The summed E-state index contributed by atoms with van der Waals surface area (Å²) in [5.74, 6) is 0.905. The van der Waals surface area contributed by atoms with Gasteiger partial charge in [-0.25, -0.2) is 4.98 Å². The molecule has 0 bridgehead atoms. The van der Waals surface area contributed by atoms with E-state index in [-0.39, 0.29) is 0 Å². The van der Waals surface area contributed by atoms with Gasteiger partial charge in [-0.3, -0.25) is 0 Å². The highest BCUT2D eigenvalue weighted by atomic mass is 15.0. The van der Waals surface area contributed by atoms with Gasteiger partial charge in [0, 0.05) is 12.2 Å². The fraction of sp³-hybridized carbons (Fsp3) is 0.300. The molecule has 1 heterocycles. The SMILES string of the molecule is C=Cc1ccnc(NC(C)C)c1. The van der Waals surface area contributed by atoms with Crippen molar-refractivity contribution in [1.82, 2.24) is 4.98 Å². The minimum absolute atomic E-state index is 0.414. The molecule has 0 saturated carbocycles. The van der Waals surface area contributed by atoms with Crippen molar-refractivity contribution in [2.75, 3.05) is 5.32 Å². The second-order valence-corrected chi connectivity index (χ2v) is 2.98. The minimum atomic E-state index is 0.414. The third kappa shape index (κ3) is 2.38. The molecule has 0 aliphatic heterocycles. The largest absolute Gasteiger partial charge is 0.368 e. The summed E-state index contributed by atoms with van der Waals surface area (Å²) in [6.45, 7) is 7.87. The summed E-state index contributed by atoms with van der Waals surface area (Å²) in [4.78, 5) is 4.17. The van der Waals surface area contributed by atoms with Crippen LogP contribution >= 0.6 is 0 Å². The normalized spacial score (nSPS) is 9.92. The van der Waals surface area contributed by atoms with Crippen LogP contribution in [0.15, 0.2) is 24.9 Å². The van der Waals surface area contributed by atoms with E-state index in [9.17, 15) is 0 Å². The number of hydrogen-bond acceptors (Lipinski definition) is 2. The molecule has 0 saturated heterocycles. The van der Waals surface area contributed by atoms with E-state index in [1.165, 1.54) is 0 Å². The van der Waals surface area contributed by atoms with E-state index in [0.717, 1.165) is 11.4 Å². The van der Waals surface area contributed by atoms with Gasteiger partial charge in [-0.1, -0.05) is 12.7 Å². The zero-order valence-electron chi connectivity index (χ0n) is 7.54. The van der Waals surface area contributed by atoms with Crippen LogP contribution in [0.5, 0.6) is 0 Å². The van der Waals surface area contributed by atoms with Crippen molar-refractivity contribution < 1.29 is 0 Å². The van der Waals surface area contributed by atoms with Gasteiger partial charge in [0.2, 0.25) is 0 Å². The average molecular weight is 162 g/mol. The molecule has 2 heteroatoms. The number of hydrogen-bond donors (Lipinski definition) is 1. The maximum atomic E-state index is 4.17. The van der Waals surface area contributed by atoms with Gasteiger partial charge in [-0.05, 0) is 31.5 Å². The molecule has 1 aromatic rings. The van der Waals surface area contributed by atoms with Crippen LogP contribution in [-0.2, 0) is 0 Å². The number of nitrogens with one attached hydrogen (secondary N) is 1. The van der Waals surface area contributed by atoms with Crippen LogP contribution in [0.25, 0.3) is 6.08 Å². The van der Waals surface area contributed by atoms with Crippen molar-refractivity contribution in [2.45, 2.75) is 19.9 Å². The highest BCUT2D eigenvalue weighted by Crippen LogP contribution is 2.08. The first kappa shape index (κ1) is 8.78. The summed E-state index contributed by atoms with van der Waals surface area (Å²) in [5, 5.41) is 3.22. The Morgan fingerprint density at radius 2 is 2.33 bits per heavy atom. The van der Waals surface area contributed by atoms with Crippen LogP contribution in [0, 0.1) is 0 Å². The molecule has 0 fully saturated rings. The van der Waals surface area contributed by atoms with Gasteiger partial charge in [0.05, 0.1) is 0 Å². The van der Waals surface area contributed by atoms with E-state index >= 15 is 0 Å². The molecular weight excluding hydrogens is 148 g/mol. The van der Waals surface area contributed by atoms with E-state index in [2.05, 4.69) is 30.7 Å². The number of pyridine rings is 1. The molecule has 1 N–H and O–H groups in total. The number of rotatable bonds is 3. The van der Waals surface area contributed by atoms with Gasteiger partial charge in [-0.15, -0.1) is 0 Å². The summed E-state index contributed by atoms with van der Waals surface area (Å²) in [5.41, 5.74) is 1.09. The van der Waals surface area contributed by atoms with Crippen molar-refractivity contribution >= 4 is 11.9 Å². The second-order valence-electron chi connectivity index (χ2n) is 2.98. The van der Waals surface area contributed by atoms with Crippen molar-refractivity contribution in [2.24, 2.45) is 0 Å². The molecule has 2 nitrogen and oxygen atoms in total. The fourth-order valence-electron chi connectivity index (χ4n) is 0.949. The van der Waals surface area contributed by atoms with E-state index in [0.29, 0.717) is 6.04 Å². The first-order valence-electron chi connectivity index (χ1n) is 4.07. The monoisotopic (exact) mass is 162 g/mol. The van der Waals surface area contributed by atoms with Gasteiger partial charge in [0.25, 0.3) is 0 Å². The van der Waals surface area contributed by atoms with Crippen molar-refractivity contribution in [3.8, 4) is 0 Å². The fourth-order valence-corrected chi connectivity index (χ4v) is 0.949. The Hall–Kier alpha value is -1.31. The van der Waals surface area contributed by atoms with E-state index in [1.807, 2.05) is 18.2 Å². The highest BCUT2D eigenvalue weighted by Gasteiger charge is 1.95. The highest BCUT2D eigenvalue weighted by molar-refractivity contribution is 5.52. The predicted octanol–water partition coefficient (Wildman–Crippen LogP) is 2.54. The van der Waals surface area contributed by atoms with Gasteiger partial charge < -0.3 is 5.32 Å². The number of anilines is 1. The van der Waals surface area contributed by atoms with Crippen LogP contribution in [0.4, 0.5) is 5.82 Å². The Labute approximate surface area is 73.3 Å². The lowest BCUT2D eigenvalue weighted by Crippen LogP contribution is -2.10. The third-order valence-electron chi connectivity index (χ3n) is 1.46. The lowest BCUT2D eigenvalue weighted by molar-refractivity contribution is 0.889. The standard InChI is InChI=1S/C10H14N2/c1-4-9-5-6-11-10(7-9)12-8(2)3/h4-8H,1H2,2-3H3,(H,11,12). The third-order valence-corrected chi connectivity index (χ3v) is 1.46. The molecule has 1 aromatic heterocycles. The van der Waals surface area contributed by atoms with Crippen LogP contribution in [0.1, 0.15) is 19.4 Å². The Kier molecular flexibility index (Phi) is 2.86. The molecule has 64 valence electrons. The predicted molar refractivity (Wildman–Crippen MR) is 53.1 cm³/mol. The van der Waals surface area contributed by atoms with Crippen LogP contribution in [0.2, 0.25) is 0 Å². The zero-order valence-corrected chi connectivity index (χ0v) is 7.54. The summed E-state index contributed by atoms with van der Waals surface area (Å²) >= 11 is 0. The number of nitrogens with zero attached hydrogens (tertiary/aromatic N) is 1. The first-order chi connectivity index (χ1) is 5.72. The molecule has 0 aromatic carbocycles. The van der Waals surface area contributed by atoms with Gasteiger partial charge in [-0.2, -0.15) is 0 Å². The van der Waals surface area contributed by atoms with E-state index < -0.39 is 0 Å². The smallest absolute Gasteiger partial charge is 0.126 e. The van der Waals surface area contributed by atoms with Crippen LogP contribution < -0.4 is 5.32 Å². The lowest BCUT2D eigenvalue weighted by Gasteiger charge is -2.08. The minimum Gasteiger partial charge on any atom is -0.368 e. The van der Waals surface area contributed by atoms with E-state index in [1.54, 1.807) is 6.20 Å². The van der Waals surface area contributed by atoms with Gasteiger partial charge in [0.15, 0.2) is 0 Å². The molecule has 0 spiro atoms. The quantitative estimate of drug-likeness (QED) is 0.738. The van der Waals surface area contributed by atoms with Gasteiger partial charge >= 0.3 is 0 Å². The van der Waals surface area contributed by atoms with Crippen molar-refractivity contribution in [1.29, 1.82) is 0 Å². The van der Waals surface area contributed by atoms with Crippen LogP contribution in [0.3, 0.4) is 0 Å². The molecule has 0 amide bonds. The first-order valence-corrected chi connectivity index (χ1v) is 4.07. The summed E-state index contributed by atoms with van der Waals surface area (Å²) in [7, 11) is 0. The summed E-state index contributed by atoms with van der Waals surface area (Å²) < 4.78 is 0. The van der Waals surface area contributed by atoms with Crippen LogP contribution in [-0.4, -0.2) is 11.0 Å².